The number of carbonyl (C=O) groups is 1. The van der Waals surface area contributed by atoms with Gasteiger partial charge in [-0.15, -0.1) is 0 Å². The molecule has 0 radical (unpaired) electrons. The van der Waals surface area contributed by atoms with Crippen molar-refractivity contribution >= 4 is 5.91 Å². The Labute approximate surface area is 167 Å². The first-order valence-corrected chi connectivity index (χ1v) is 10.4. The lowest BCUT2D eigenvalue weighted by Gasteiger charge is -2.40. The molecule has 2 aliphatic heterocycles. The predicted octanol–water partition coefficient (Wildman–Crippen LogP) is 3.66. The van der Waals surface area contributed by atoms with Crippen LogP contribution >= 0.6 is 0 Å². The highest BCUT2D eigenvalue weighted by Crippen LogP contribution is 2.39. The van der Waals surface area contributed by atoms with Gasteiger partial charge in [-0.3, -0.25) is 9.69 Å². The van der Waals surface area contributed by atoms with Gasteiger partial charge in [-0.2, -0.15) is 0 Å². The second kappa shape index (κ2) is 7.70. The van der Waals surface area contributed by atoms with Crippen molar-refractivity contribution in [2.45, 2.75) is 53.0 Å². The van der Waals surface area contributed by atoms with E-state index in [0.29, 0.717) is 6.42 Å². The molecule has 2 aromatic rings. The second-order valence-electron chi connectivity index (χ2n) is 8.85. The molecule has 5 nitrogen and oxygen atoms in total. The van der Waals surface area contributed by atoms with Crippen molar-refractivity contribution in [3.05, 3.63) is 52.4 Å². The van der Waals surface area contributed by atoms with Crippen molar-refractivity contribution in [3.63, 3.8) is 0 Å². The molecule has 1 aromatic heterocycles. The quantitative estimate of drug-likeness (QED) is 0.811. The minimum absolute atomic E-state index is 0.210. The van der Waals surface area contributed by atoms with Crippen molar-refractivity contribution in [3.8, 4) is 0 Å². The lowest BCUT2D eigenvalue weighted by Crippen LogP contribution is -2.45. The largest absolute Gasteiger partial charge is 0.361 e. The highest BCUT2D eigenvalue weighted by Gasteiger charge is 2.42. The van der Waals surface area contributed by atoms with E-state index in [-0.39, 0.29) is 11.3 Å². The summed E-state index contributed by atoms with van der Waals surface area (Å²) in [5, 5.41) is 3.98. The molecule has 0 bridgehead atoms. The maximum absolute atomic E-state index is 12.9. The molecule has 1 amide bonds. The molecule has 0 unspecified atom stereocenters. The van der Waals surface area contributed by atoms with Gasteiger partial charge in [0.05, 0.1) is 12.1 Å². The molecule has 1 atom stereocenters. The Kier molecular flexibility index (Phi) is 5.28. The number of aromatic nitrogens is 1. The van der Waals surface area contributed by atoms with E-state index >= 15 is 0 Å². The van der Waals surface area contributed by atoms with Gasteiger partial charge >= 0.3 is 0 Å². The van der Waals surface area contributed by atoms with E-state index in [1.807, 2.05) is 13.8 Å². The highest BCUT2D eigenvalue weighted by atomic mass is 16.5. The fourth-order valence-electron chi connectivity index (χ4n) is 5.01. The summed E-state index contributed by atoms with van der Waals surface area (Å²) < 4.78 is 5.22. The Balaban J connectivity index is 1.38. The van der Waals surface area contributed by atoms with Crippen LogP contribution in [0.15, 0.2) is 28.8 Å². The number of amides is 1. The van der Waals surface area contributed by atoms with Crippen LogP contribution in [0.25, 0.3) is 0 Å². The van der Waals surface area contributed by atoms with Crippen molar-refractivity contribution in [2.75, 3.05) is 26.2 Å². The average Bonchev–Trinajstić information content (AvgIpc) is 3.20. The van der Waals surface area contributed by atoms with Crippen LogP contribution < -0.4 is 0 Å². The van der Waals surface area contributed by atoms with E-state index in [2.05, 4.69) is 46.1 Å². The summed E-state index contributed by atoms with van der Waals surface area (Å²) in [5.74, 6) is 0.976. The SMILES string of the molecule is Cc1cccc(CN2CCC[C@]3(CCN(C(=O)Cc4c(C)noc4C)C3)C2)c1. The third kappa shape index (κ3) is 4.00. The summed E-state index contributed by atoms with van der Waals surface area (Å²) in [6, 6.07) is 8.81. The number of rotatable bonds is 4. The van der Waals surface area contributed by atoms with Crippen LogP contribution in [0, 0.1) is 26.2 Å². The maximum atomic E-state index is 12.9. The summed E-state index contributed by atoms with van der Waals surface area (Å²) in [6.45, 7) is 11.0. The molecule has 3 heterocycles. The molecule has 2 fully saturated rings. The molecule has 2 saturated heterocycles. The number of piperidine rings is 1. The number of hydrogen-bond donors (Lipinski definition) is 0. The normalized spacial score (nSPS) is 22.9. The van der Waals surface area contributed by atoms with E-state index in [1.54, 1.807) is 0 Å². The Morgan fingerprint density at radius 2 is 2.04 bits per heavy atom. The minimum atomic E-state index is 0.210. The number of nitrogens with zero attached hydrogens (tertiary/aromatic N) is 3. The fraction of sp³-hybridized carbons (Fsp3) is 0.565. The molecule has 150 valence electrons. The van der Waals surface area contributed by atoms with Crippen molar-refractivity contribution < 1.29 is 9.32 Å². The van der Waals surface area contributed by atoms with Crippen LogP contribution in [0.1, 0.15) is 47.4 Å². The van der Waals surface area contributed by atoms with Gasteiger partial charge in [0.2, 0.25) is 5.91 Å². The van der Waals surface area contributed by atoms with E-state index < -0.39 is 0 Å². The molecule has 2 aliphatic rings. The number of carbonyl (C=O) groups excluding carboxylic acids is 1. The van der Waals surface area contributed by atoms with Crippen LogP contribution in [0.4, 0.5) is 0 Å². The van der Waals surface area contributed by atoms with Gasteiger partial charge < -0.3 is 9.42 Å². The third-order valence-corrected chi connectivity index (χ3v) is 6.53. The standard InChI is InChI=1S/C23H31N3O2/c1-17-6-4-7-20(12-17)14-25-10-5-8-23(15-25)9-11-26(16-23)22(27)13-21-18(2)24-28-19(21)3/h4,6-7,12H,5,8-11,13-16H2,1-3H3/t23-/m0/s1. The first-order valence-electron chi connectivity index (χ1n) is 10.4. The zero-order chi connectivity index (χ0) is 19.7. The van der Waals surface area contributed by atoms with Gasteiger partial charge in [-0.1, -0.05) is 35.0 Å². The van der Waals surface area contributed by atoms with Gasteiger partial charge in [-0.25, -0.2) is 0 Å². The van der Waals surface area contributed by atoms with Gasteiger partial charge in [0, 0.05) is 37.2 Å². The zero-order valence-corrected chi connectivity index (χ0v) is 17.3. The van der Waals surface area contributed by atoms with Crippen LogP contribution in [-0.4, -0.2) is 47.0 Å². The summed E-state index contributed by atoms with van der Waals surface area (Å²) in [7, 11) is 0. The fourth-order valence-corrected chi connectivity index (χ4v) is 5.01. The van der Waals surface area contributed by atoms with Crippen LogP contribution in [-0.2, 0) is 17.8 Å². The first kappa shape index (κ1) is 19.2. The second-order valence-corrected chi connectivity index (χ2v) is 8.85. The predicted molar refractivity (Wildman–Crippen MR) is 109 cm³/mol. The van der Waals surface area contributed by atoms with Crippen molar-refractivity contribution in [1.29, 1.82) is 0 Å². The molecular formula is C23H31N3O2. The molecule has 0 N–H and O–H groups in total. The molecule has 1 spiro atoms. The summed E-state index contributed by atoms with van der Waals surface area (Å²) in [5.41, 5.74) is 4.76. The summed E-state index contributed by atoms with van der Waals surface area (Å²) >= 11 is 0. The van der Waals surface area contributed by atoms with E-state index in [0.717, 1.165) is 56.2 Å². The Morgan fingerprint density at radius 1 is 1.18 bits per heavy atom. The molecular weight excluding hydrogens is 350 g/mol. The number of hydrogen-bond acceptors (Lipinski definition) is 4. The molecule has 28 heavy (non-hydrogen) atoms. The molecule has 0 saturated carbocycles. The molecule has 1 aromatic carbocycles. The number of benzene rings is 1. The van der Waals surface area contributed by atoms with Crippen molar-refractivity contribution in [1.82, 2.24) is 15.0 Å². The lowest BCUT2D eigenvalue weighted by atomic mass is 9.79. The Morgan fingerprint density at radius 3 is 2.79 bits per heavy atom. The van der Waals surface area contributed by atoms with E-state index in [9.17, 15) is 4.79 Å². The van der Waals surface area contributed by atoms with E-state index in [4.69, 9.17) is 4.52 Å². The monoisotopic (exact) mass is 381 g/mol. The lowest BCUT2D eigenvalue weighted by molar-refractivity contribution is -0.130. The number of aryl methyl sites for hydroxylation is 3. The number of likely N-dealkylation sites (tertiary alicyclic amines) is 2. The van der Waals surface area contributed by atoms with Gasteiger partial charge in [0.15, 0.2) is 0 Å². The highest BCUT2D eigenvalue weighted by molar-refractivity contribution is 5.79. The third-order valence-electron chi connectivity index (χ3n) is 6.53. The molecule has 5 heteroatoms. The maximum Gasteiger partial charge on any atom is 0.227 e. The van der Waals surface area contributed by atoms with Gasteiger partial charge in [0.1, 0.15) is 5.76 Å². The summed E-state index contributed by atoms with van der Waals surface area (Å²) in [4.78, 5) is 17.6. The smallest absolute Gasteiger partial charge is 0.227 e. The van der Waals surface area contributed by atoms with E-state index in [1.165, 1.54) is 24.0 Å². The topological polar surface area (TPSA) is 49.6 Å². The van der Waals surface area contributed by atoms with Crippen LogP contribution in [0.2, 0.25) is 0 Å². The first-order chi connectivity index (χ1) is 13.4. The van der Waals surface area contributed by atoms with Crippen molar-refractivity contribution in [2.24, 2.45) is 5.41 Å². The zero-order valence-electron chi connectivity index (χ0n) is 17.3. The van der Waals surface area contributed by atoms with Gasteiger partial charge in [-0.05, 0) is 52.1 Å². The summed E-state index contributed by atoms with van der Waals surface area (Å²) in [6.07, 6.45) is 3.97. The van der Waals surface area contributed by atoms with Crippen LogP contribution in [0.3, 0.4) is 0 Å². The molecule has 0 aliphatic carbocycles. The van der Waals surface area contributed by atoms with Gasteiger partial charge in [0.25, 0.3) is 0 Å². The molecule has 4 rings (SSSR count). The minimum Gasteiger partial charge on any atom is -0.361 e. The van der Waals surface area contributed by atoms with Crippen LogP contribution in [0.5, 0.6) is 0 Å². The average molecular weight is 382 g/mol. The Hall–Kier alpha value is -2.14. The Bertz CT molecular complexity index is 840.